The normalized spacial score (nSPS) is 11.4. The molecule has 3 aromatic carbocycles. The molecule has 0 spiro atoms. The van der Waals surface area contributed by atoms with Gasteiger partial charge in [0.25, 0.3) is 5.56 Å². The van der Waals surface area contributed by atoms with Crippen molar-refractivity contribution < 1.29 is 4.74 Å². The average molecular weight is 643 g/mol. The molecule has 0 fully saturated rings. The van der Waals surface area contributed by atoms with Gasteiger partial charge in [0.05, 0.1) is 30.7 Å². The first-order valence-electron chi connectivity index (χ1n) is 9.41. The minimum absolute atomic E-state index is 0.221. The summed E-state index contributed by atoms with van der Waals surface area (Å²) in [6.07, 6.45) is 1.63. The van der Waals surface area contributed by atoms with Crippen molar-refractivity contribution in [1.29, 1.82) is 0 Å². The Morgan fingerprint density at radius 3 is 2.69 bits per heavy atom. The van der Waals surface area contributed by atoms with Crippen molar-refractivity contribution in [3.8, 4) is 5.75 Å². The molecule has 0 radical (unpaired) electrons. The van der Waals surface area contributed by atoms with Crippen LogP contribution in [-0.4, -0.2) is 15.9 Å². The summed E-state index contributed by atoms with van der Waals surface area (Å²) in [5, 5.41) is 5.88. The van der Waals surface area contributed by atoms with Gasteiger partial charge in [0.1, 0.15) is 18.2 Å². The van der Waals surface area contributed by atoms with Gasteiger partial charge in [-0.1, -0.05) is 45.2 Å². The molecule has 1 aromatic heterocycles. The number of benzene rings is 3. The maximum Gasteiger partial charge on any atom is 0.282 e. The molecular formula is C23H15BrCl2IN3O2. The van der Waals surface area contributed by atoms with Gasteiger partial charge in [0, 0.05) is 4.47 Å². The van der Waals surface area contributed by atoms with E-state index in [-0.39, 0.29) is 5.56 Å². The van der Waals surface area contributed by atoms with Crippen molar-refractivity contribution in [3.63, 3.8) is 0 Å². The van der Waals surface area contributed by atoms with Gasteiger partial charge in [0.2, 0.25) is 0 Å². The predicted molar refractivity (Wildman–Crippen MR) is 141 cm³/mol. The highest BCUT2D eigenvalue weighted by atomic mass is 127. The number of nitrogens with zero attached hydrogens (tertiary/aromatic N) is 3. The molecule has 0 amide bonds. The fourth-order valence-electron chi connectivity index (χ4n) is 3.03. The van der Waals surface area contributed by atoms with Crippen LogP contribution in [-0.2, 0) is 6.61 Å². The lowest BCUT2D eigenvalue weighted by Gasteiger charge is -2.10. The minimum Gasteiger partial charge on any atom is -0.488 e. The second-order valence-corrected chi connectivity index (χ2v) is 9.80. The summed E-state index contributed by atoms with van der Waals surface area (Å²) in [6.45, 7) is 2.12. The van der Waals surface area contributed by atoms with Gasteiger partial charge in [-0.3, -0.25) is 4.79 Å². The molecule has 32 heavy (non-hydrogen) atoms. The molecular weight excluding hydrogens is 628 g/mol. The Bertz CT molecular complexity index is 1420. The van der Waals surface area contributed by atoms with Gasteiger partial charge >= 0.3 is 0 Å². The molecule has 0 aliphatic heterocycles. The first kappa shape index (κ1) is 23.2. The lowest BCUT2D eigenvalue weighted by molar-refractivity contribution is 0.304. The highest BCUT2D eigenvalue weighted by molar-refractivity contribution is 14.1. The summed E-state index contributed by atoms with van der Waals surface area (Å²) in [4.78, 5) is 17.3. The van der Waals surface area contributed by atoms with Gasteiger partial charge in [-0.25, -0.2) is 4.98 Å². The summed E-state index contributed by atoms with van der Waals surface area (Å²) in [6, 6.07) is 16.5. The first-order chi connectivity index (χ1) is 15.3. The third kappa shape index (κ3) is 5.17. The Kier molecular flexibility index (Phi) is 7.19. The van der Waals surface area contributed by atoms with E-state index in [2.05, 4.69) is 48.6 Å². The fraction of sp³-hybridized carbons (Fsp3) is 0.0870. The molecule has 4 aromatic rings. The number of rotatable bonds is 5. The number of aromatic nitrogens is 2. The van der Waals surface area contributed by atoms with Crippen molar-refractivity contribution in [3.05, 3.63) is 100.0 Å². The zero-order valence-electron chi connectivity index (χ0n) is 16.7. The quantitative estimate of drug-likeness (QED) is 0.177. The van der Waals surface area contributed by atoms with Crippen LogP contribution in [0.1, 0.15) is 17.0 Å². The molecule has 4 rings (SSSR count). The maximum absolute atomic E-state index is 12.9. The summed E-state index contributed by atoms with van der Waals surface area (Å²) in [5.74, 6) is 1.25. The van der Waals surface area contributed by atoms with Gasteiger partial charge < -0.3 is 4.74 Å². The Morgan fingerprint density at radius 1 is 1.12 bits per heavy atom. The van der Waals surface area contributed by atoms with Crippen molar-refractivity contribution in [1.82, 2.24) is 9.66 Å². The standard InChI is InChI=1S/C23H15BrCl2IN3O2/c1-13-29-21-6-4-16(24)10-17(21)23(31)30(13)28-11-14-3-7-22(20(27)9-14)32-12-15-2-5-18(25)19(26)8-15/h2-11H,12H2,1H3. The van der Waals surface area contributed by atoms with E-state index in [9.17, 15) is 4.79 Å². The Balaban J connectivity index is 1.54. The van der Waals surface area contributed by atoms with E-state index in [1.54, 1.807) is 37.4 Å². The van der Waals surface area contributed by atoms with Crippen LogP contribution in [0.25, 0.3) is 10.9 Å². The number of hydrogen-bond acceptors (Lipinski definition) is 4. The highest BCUT2D eigenvalue weighted by Gasteiger charge is 2.08. The number of halogens is 4. The molecule has 9 heteroatoms. The molecule has 162 valence electrons. The van der Waals surface area contributed by atoms with E-state index >= 15 is 0 Å². The topological polar surface area (TPSA) is 56.5 Å². The number of aryl methyl sites for hydroxylation is 1. The minimum atomic E-state index is -0.221. The van der Waals surface area contributed by atoms with Crippen molar-refractivity contribution >= 4 is 78.8 Å². The molecule has 0 aliphatic rings. The third-order valence-electron chi connectivity index (χ3n) is 4.63. The van der Waals surface area contributed by atoms with E-state index in [0.717, 1.165) is 24.9 Å². The highest BCUT2D eigenvalue weighted by Crippen LogP contribution is 2.26. The average Bonchev–Trinajstić information content (AvgIpc) is 2.76. The Labute approximate surface area is 216 Å². The lowest BCUT2D eigenvalue weighted by atomic mass is 10.2. The van der Waals surface area contributed by atoms with Crippen molar-refractivity contribution in [2.45, 2.75) is 13.5 Å². The van der Waals surface area contributed by atoms with Gasteiger partial charge in [0.15, 0.2) is 0 Å². The molecule has 0 saturated carbocycles. The fourth-order valence-corrected chi connectivity index (χ4v) is 4.40. The number of hydrogen-bond donors (Lipinski definition) is 0. The van der Waals surface area contributed by atoms with Crippen LogP contribution in [0, 0.1) is 10.5 Å². The monoisotopic (exact) mass is 641 g/mol. The summed E-state index contributed by atoms with van der Waals surface area (Å²) in [5.41, 5.74) is 2.17. The van der Waals surface area contributed by atoms with Crippen LogP contribution in [0.2, 0.25) is 10.0 Å². The molecule has 0 aliphatic carbocycles. The van der Waals surface area contributed by atoms with Crippen LogP contribution in [0.4, 0.5) is 0 Å². The first-order valence-corrected chi connectivity index (χ1v) is 12.0. The number of fused-ring (bicyclic) bond motifs is 1. The van der Waals surface area contributed by atoms with Gasteiger partial charge in [-0.05, 0) is 89.2 Å². The third-order valence-corrected chi connectivity index (χ3v) is 6.70. The largest absolute Gasteiger partial charge is 0.488 e. The SMILES string of the molecule is Cc1nc2ccc(Br)cc2c(=O)n1N=Cc1ccc(OCc2ccc(Cl)c(Cl)c2)c(I)c1. The summed E-state index contributed by atoms with van der Waals surface area (Å²) in [7, 11) is 0. The smallest absolute Gasteiger partial charge is 0.282 e. The van der Waals surface area contributed by atoms with E-state index < -0.39 is 0 Å². The van der Waals surface area contributed by atoms with Gasteiger partial charge in [-0.15, -0.1) is 0 Å². The zero-order chi connectivity index (χ0) is 22.8. The van der Waals surface area contributed by atoms with Crippen LogP contribution >= 0.6 is 61.7 Å². The van der Waals surface area contributed by atoms with Crippen molar-refractivity contribution in [2.24, 2.45) is 5.10 Å². The van der Waals surface area contributed by atoms with E-state index in [4.69, 9.17) is 27.9 Å². The Morgan fingerprint density at radius 2 is 1.94 bits per heavy atom. The van der Waals surface area contributed by atoms with Crippen LogP contribution in [0.15, 0.2) is 69.0 Å². The maximum atomic E-state index is 12.9. The molecule has 1 heterocycles. The van der Waals surface area contributed by atoms with Crippen molar-refractivity contribution in [2.75, 3.05) is 0 Å². The second kappa shape index (κ2) is 9.91. The number of ether oxygens (including phenoxy) is 1. The predicted octanol–water partition coefficient (Wildman–Crippen LogP) is 6.84. The molecule has 0 saturated heterocycles. The lowest BCUT2D eigenvalue weighted by Crippen LogP contribution is -2.20. The van der Waals surface area contributed by atoms with Crippen LogP contribution in [0.3, 0.4) is 0 Å². The summed E-state index contributed by atoms with van der Waals surface area (Å²) >= 11 is 17.6. The molecule has 0 unspecified atom stereocenters. The van der Waals surface area contributed by atoms with Gasteiger partial charge in [-0.2, -0.15) is 9.78 Å². The van der Waals surface area contributed by atoms with Crippen LogP contribution < -0.4 is 10.3 Å². The molecule has 0 N–H and O–H groups in total. The summed E-state index contributed by atoms with van der Waals surface area (Å²) < 4.78 is 8.94. The molecule has 0 bridgehead atoms. The Hall–Kier alpha value is -1.94. The second-order valence-electron chi connectivity index (χ2n) is 6.91. The van der Waals surface area contributed by atoms with E-state index in [0.29, 0.717) is 33.4 Å². The van der Waals surface area contributed by atoms with Crippen LogP contribution in [0.5, 0.6) is 5.75 Å². The molecule has 0 atom stereocenters. The molecule has 5 nitrogen and oxygen atoms in total. The zero-order valence-corrected chi connectivity index (χ0v) is 21.9. The van der Waals surface area contributed by atoms with E-state index in [1.807, 2.05) is 30.3 Å². The van der Waals surface area contributed by atoms with E-state index in [1.165, 1.54) is 4.68 Å².